The van der Waals surface area contributed by atoms with E-state index in [1.165, 1.54) is 31.9 Å². The number of hydrogen-bond acceptors (Lipinski definition) is 10. The van der Waals surface area contributed by atoms with Crippen LogP contribution in [0.15, 0.2) is 42.6 Å². The minimum atomic E-state index is -0.938. The van der Waals surface area contributed by atoms with Crippen LogP contribution in [0.2, 0.25) is 0 Å². The highest BCUT2D eigenvalue weighted by atomic mass is 16.7. The highest BCUT2D eigenvalue weighted by molar-refractivity contribution is 5.98. The summed E-state index contributed by atoms with van der Waals surface area (Å²) < 4.78 is 34.1. The molecular formula is C32H44N2O9. The lowest BCUT2D eigenvalue weighted by atomic mass is 10.0. The van der Waals surface area contributed by atoms with Crippen molar-refractivity contribution in [1.29, 1.82) is 0 Å². The van der Waals surface area contributed by atoms with Gasteiger partial charge in [-0.3, -0.25) is 9.59 Å². The van der Waals surface area contributed by atoms with E-state index < -0.39 is 42.9 Å². The van der Waals surface area contributed by atoms with E-state index in [0.717, 1.165) is 12.8 Å². The first-order chi connectivity index (χ1) is 20.7. The molecule has 1 aromatic heterocycles. The molecule has 1 fully saturated rings. The van der Waals surface area contributed by atoms with E-state index in [-0.39, 0.29) is 23.3 Å². The van der Waals surface area contributed by atoms with Crippen LogP contribution in [0.1, 0.15) is 69.4 Å². The number of esters is 2. The standard InChI is InChI=1S/C32H44N2O9/c1-21(2)19-40-27-15-9-14-25(32(37)43-22(3)29(27)39-18-10-13-24-11-7-6-8-12-24)34-31(36)28-30(42-20-41-23(4)35)26(38-5)16-17-33-28/h6-8,11-12,16-17,21-22,25,27,29H,9-10,13-15,18-20H2,1-5H3,(H,34,36)/t22-,25-,27-,29-/m0/s1. The van der Waals surface area contributed by atoms with E-state index >= 15 is 0 Å². The summed E-state index contributed by atoms with van der Waals surface area (Å²) in [7, 11) is 1.41. The molecule has 11 heteroatoms. The van der Waals surface area contributed by atoms with Gasteiger partial charge in [0.25, 0.3) is 5.91 Å². The van der Waals surface area contributed by atoms with Crippen LogP contribution in [0.25, 0.3) is 0 Å². The van der Waals surface area contributed by atoms with Gasteiger partial charge in [0.05, 0.1) is 13.2 Å². The summed E-state index contributed by atoms with van der Waals surface area (Å²) in [6.07, 6.45) is 3.24. The van der Waals surface area contributed by atoms with Crippen LogP contribution < -0.4 is 14.8 Å². The van der Waals surface area contributed by atoms with Crippen molar-refractivity contribution in [3.05, 3.63) is 53.9 Å². The fraction of sp³-hybridized carbons (Fsp3) is 0.562. The number of rotatable bonds is 14. The molecule has 11 nitrogen and oxygen atoms in total. The topological polar surface area (TPSA) is 132 Å². The van der Waals surface area contributed by atoms with Gasteiger partial charge in [0.15, 0.2) is 17.2 Å². The molecule has 0 aliphatic carbocycles. The number of carbonyl (C=O) groups excluding carboxylic acids is 3. The third-order valence-corrected chi connectivity index (χ3v) is 6.88. The fourth-order valence-corrected chi connectivity index (χ4v) is 4.74. The molecule has 2 heterocycles. The number of carbonyl (C=O) groups is 3. The average molecular weight is 601 g/mol. The van der Waals surface area contributed by atoms with Crippen molar-refractivity contribution < 1.29 is 42.8 Å². The van der Waals surface area contributed by atoms with Gasteiger partial charge in [-0.1, -0.05) is 44.2 Å². The fourth-order valence-electron chi connectivity index (χ4n) is 4.74. The maximum atomic E-state index is 13.3. The van der Waals surface area contributed by atoms with Gasteiger partial charge in [0.1, 0.15) is 18.2 Å². The van der Waals surface area contributed by atoms with Crippen LogP contribution in [0.3, 0.4) is 0 Å². The molecule has 1 aromatic carbocycles. The summed E-state index contributed by atoms with van der Waals surface area (Å²) in [5.41, 5.74) is 1.11. The van der Waals surface area contributed by atoms with Gasteiger partial charge in [0.2, 0.25) is 6.79 Å². The molecule has 0 radical (unpaired) electrons. The Balaban J connectivity index is 1.70. The number of methoxy groups -OCH3 is 1. The monoisotopic (exact) mass is 600 g/mol. The molecule has 236 valence electrons. The average Bonchev–Trinajstić information content (AvgIpc) is 3.03. The summed E-state index contributed by atoms with van der Waals surface area (Å²) in [4.78, 5) is 42.0. The molecule has 1 saturated heterocycles. The largest absolute Gasteiger partial charge is 0.493 e. The molecule has 1 aliphatic rings. The first-order valence-electron chi connectivity index (χ1n) is 14.8. The number of cyclic esters (lactones) is 1. The van der Waals surface area contributed by atoms with Crippen molar-refractivity contribution in [3.8, 4) is 11.5 Å². The van der Waals surface area contributed by atoms with E-state index in [2.05, 4.69) is 36.3 Å². The molecular weight excluding hydrogens is 556 g/mol. The van der Waals surface area contributed by atoms with Crippen molar-refractivity contribution in [2.75, 3.05) is 27.1 Å². The number of amides is 1. The molecule has 43 heavy (non-hydrogen) atoms. The van der Waals surface area contributed by atoms with E-state index in [1.807, 2.05) is 18.2 Å². The summed E-state index contributed by atoms with van der Waals surface area (Å²) in [6.45, 7) is 7.78. The Morgan fingerprint density at radius 3 is 2.58 bits per heavy atom. The van der Waals surface area contributed by atoms with Crippen molar-refractivity contribution in [3.63, 3.8) is 0 Å². The van der Waals surface area contributed by atoms with Gasteiger partial charge >= 0.3 is 11.9 Å². The highest BCUT2D eigenvalue weighted by Gasteiger charge is 2.36. The van der Waals surface area contributed by atoms with Gasteiger partial charge in [0, 0.05) is 32.4 Å². The zero-order valence-corrected chi connectivity index (χ0v) is 25.7. The van der Waals surface area contributed by atoms with Crippen LogP contribution in [0.5, 0.6) is 11.5 Å². The van der Waals surface area contributed by atoms with Gasteiger partial charge in [-0.05, 0) is 50.5 Å². The van der Waals surface area contributed by atoms with E-state index in [0.29, 0.717) is 38.4 Å². The summed E-state index contributed by atoms with van der Waals surface area (Å²) >= 11 is 0. The maximum Gasteiger partial charge on any atom is 0.329 e. The van der Waals surface area contributed by atoms with Crippen molar-refractivity contribution in [1.82, 2.24) is 10.3 Å². The Morgan fingerprint density at radius 1 is 1.12 bits per heavy atom. The van der Waals surface area contributed by atoms with E-state index in [1.54, 1.807) is 6.92 Å². The Bertz CT molecular complexity index is 1170. The predicted molar refractivity (Wildman–Crippen MR) is 158 cm³/mol. The Labute approximate surface area is 253 Å². The second-order valence-electron chi connectivity index (χ2n) is 10.9. The first-order valence-corrected chi connectivity index (χ1v) is 14.8. The third-order valence-electron chi connectivity index (χ3n) is 6.88. The molecule has 0 unspecified atom stereocenters. The first kappa shape index (κ1) is 33.8. The third kappa shape index (κ3) is 10.8. The number of nitrogens with one attached hydrogen (secondary N) is 1. The highest BCUT2D eigenvalue weighted by Crippen LogP contribution is 2.30. The van der Waals surface area contributed by atoms with Crippen molar-refractivity contribution >= 4 is 17.8 Å². The van der Waals surface area contributed by atoms with Gasteiger partial charge in [-0.2, -0.15) is 0 Å². The van der Waals surface area contributed by atoms with Crippen LogP contribution in [0.4, 0.5) is 0 Å². The Kier molecular flexibility index (Phi) is 13.7. The van der Waals surface area contributed by atoms with Gasteiger partial charge < -0.3 is 33.7 Å². The Hall–Kier alpha value is -3.70. The van der Waals surface area contributed by atoms with Crippen LogP contribution in [-0.4, -0.2) is 74.3 Å². The molecule has 1 aliphatic heterocycles. The smallest absolute Gasteiger partial charge is 0.329 e. The van der Waals surface area contributed by atoms with Crippen molar-refractivity contribution in [2.24, 2.45) is 5.92 Å². The normalized spacial score (nSPS) is 20.7. The number of aryl methyl sites for hydroxylation is 1. The second-order valence-corrected chi connectivity index (χ2v) is 10.9. The van der Waals surface area contributed by atoms with Crippen LogP contribution >= 0.6 is 0 Å². The van der Waals surface area contributed by atoms with Gasteiger partial charge in [-0.25, -0.2) is 9.78 Å². The SMILES string of the molecule is COc1ccnc(C(=O)N[C@H]2CCC[C@H](OCC(C)C)[C@@H](OCCCc3ccccc3)[C@H](C)OC2=O)c1OCOC(C)=O. The maximum absolute atomic E-state index is 13.3. The molecule has 4 atom stereocenters. The Morgan fingerprint density at radius 2 is 1.88 bits per heavy atom. The second kappa shape index (κ2) is 17.4. The van der Waals surface area contributed by atoms with Crippen molar-refractivity contribution in [2.45, 2.75) is 84.2 Å². The van der Waals surface area contributed by atoms with E-state index in [9.17, 15) is 14.4 Å². The number of ether oxygens (including phenoxy) is 6. The molecule has 0 saturated carbocycles. The zero-order valence-electron chi connectivity index (χ0n) is 25.7. The minimum Gasteiger partial charge on any atom is -0.493 e. The summed E-state index contributed by atoms with van der Waals surface area (Å²) in [5.74, 6) is -1.26. The summed E-state index contributed by atoms with van der Waals surface area (Å²) in [6, 6.07) is 10.8. The molecule has 1 N–H and O–H groups in total. The summed E-state index contributed by atoms with van der Waals surface area (Å²) in [5, 5.41) is 2.74. The quantitative estimate of drug-likeness (QED) is 0.191. The molecule has 1 amide bonds. The lowest BCUT2D eigenvalue weighted by molar-refractivity contribution is -0.168. The van der Waals surface area contributed by atoms with Crippen LogP contribution in [-0.2, 0) is 35.0 Å². The number of benzene rings is 1. The lowest BCUT2D eigenvalue weighted by Gasteiger charge is -2.31. The molecule has 2 aromatic rings. The predicted octanol–water partition coefficient (Wildman–Crippen LogP) is 4.26. The number of nitrogens with zero attached hydrogens (tertiary/aromatic N) is 1. The number of hydrogen-bond donors (Lipinski definition) is 1. The molecule has 0 spiro atoms. The van der Waals surface area contributed by atoms with Crippen LogP contribution in [0, 0.1) is 5.92 Å². The lowest BCUT2D eigenvalue weighted by Crippen LogP contribution is -2.46. The minimum absolute atomic E-state index is 0.0142. The number of aromatic nitrogens is 1. The zero-order chi connectivity index (χ0) is 31.2. The van der Waals surface area contributed by atoms with Gasteiger partial charge in [-0.15, -0.1) is 0 Å². The molecule has 0 bridgehead atoms. The van der Waals surface area contributed by atoms with E-state index in [4.69, 9.17) is 28.4 Å². The number of pyridine rings is 1. The molecule has 3 rings (SSSR count).